The Morgan fingerprint density at radius 2 is 1.88 bits per heavy atom. The van der Waals surface area contributed by atoms with Crippen LogP contribution in [0.4, 0.5) is 31.7 Å². The number of hydrogen-bond donors (Lipinski definition) is 1. The Balaban J connectivity index is 1.47. The Labute approximate surface area is 197 Å². The van der Waals surface area contributed by atoms with Gasteiger partial charge in [0.25, 0.3) is 17.2 Å². The van der Waals surface area contributed by atoms with E-state index >= 15 is 0 Å². The van der Waals surface area contributed by atoms with Gasteiger partial charge in [-0.1, -0.05) is 0 Å². The van der Waals surface area contributed by atoms with Crippen LogP contribution in [0.25, 0.3) is 0 Å². The van der Waals surface area contributed by atoms with Crippen LogP contribution in [0.15, 0.2) is 33.8 Å². The van der Waals surface area contributed by atoms with Crippen molar-refractivity contribution in [3.05, 3.63) is 49.5 Å². The van der Waals surface area contributed by atoms with E-state index in [1.54, 1.807) is 19.2 Å². The van der Waals surface area contributed by atoms with Gasteiger partial charge in [-0.2, -0.15) is 0 Å². The fourth-order valence-corrected chi connectivity index (χ4v) is 4.97. The first-order chi connectivity index (χ1) is 15.6. The van der Waals surface area contributed by atoms with E-state index in [0.717, 1.165) is 12.8 Å². The van der Waals surface area contributed by atoms with Crippen molar-refractivity contribution in [1.29, 1.82) is 0 Å². The Morgan fingerprint density at radius 1 is 1.21 bits per heavy atom. The number of nitro benzene ring substituents is 1. The predicted molar refractivity (Wildman–Crippen MR) is 125 cm³/mol. The molecule has 0 aliphatic carbocycles. The number of alkyl halides is 2. The van der Waals surface area contributed by atoms with E-state index < -0.39 is 10.8 Å². The molecule has 0 spiro atoms. The van der Waals surface area contributed by atoms with Crippen molar-refractivity contribution < 1.29 is 13.7 Å². The molecule has 1 aromatic heterocycles. The molecule has 0 saturated carbocycles. The quantitative estimate of drug-likeness (QED) is 0.466. The molecule has 0 atom stereocenters. The molecule has 2 aliphatic rings. The first kappa shape index (κ1) is 23.6. The van der Waals surface area contributed by atoms with E-state index in [1.807, 2.05) is 4.90 Å². The SMILES string of the molecule is Cn1cc(Br)nc(Nc2ccc(N3CCC(N4CCC(F)(F)CC4)CC3)c([N+](=O)[O-])c2)c1=O. The van der Waals surface area contributed by atoms with Crippen molar-refractivity contribution in [1.82, 2.24) is 14.5 Å². The van der Waals surface area contributed by atoms with Crippen LogP contribution in [0.5, 0.6) is 0 Å². The first-order valence-electron chi connectivity index (χ1n) is 10.8. The fraction of sp³-hybridized carbons (Fsp3) is 0.524. The van der Waals surface area contributed by atoms with Crippen LogP contribution >= 0.6 is 15.9 Å². The molecule has 2 saturated heterocycles. The smallest absolute Gasteiger partial charge is 0.294 e. The zero-order valence-corrected chi connectivity index (χ0v) is 19.7. The normalized spacial score (nSPS) is 19.5. The van der Waals surface area contributed by atoms with Crippen LogP contribution in [0.3, 0.4) is 0 Å². The number of anilines is 3. The molecular weight excluding hydrogens is 502 g/mol. The van der Waals surface area contributed by atoms with Gasteiger partial charge in [-0.3, -0.25) is 19.8 Å². The second kappa shape index (κ2) is 9.34. The number of aryl methyl sites for hydroxylation is 1. The topological polar surface area (TPSA) is 96.5 Å². The molecule has 2 fully saturated rings. The Hall–Kier alpha value is -2.60. The van der Waals surface area contributed by atoms with Crippen molar-refractivity contribution in [2.75, 3.05) is 36.4 Å². The van der Waals surface area contributed by atoms with Crippen LogP contribution in [0.2, 0.25) is 0 Å². The van der Waals surface area contributed by atoms with Crippen LogP contribution in [-0.4, -0.2) is 57.5 Å². The zero-order chi connectivity index (χ0) is 23.8. The molecule has 178 valence electrons. The van der Waals surface area contributed by atoms with E-state index in [1.165, 1.54) is 16.8 Å². The number of nitrogens with zero attached hydrogens (tertiary/aromatic N) is 5. The largest absolute Gasteiger partial charge is 0.366 e. The lowest BCUT2D eigenvalue weighted by Gasteiger charge is -2.42. The number of hydrogen-bond acceptors (Lipinski definition) is 7. The highest BCUT2D eigenvalue weighted by atomic mass is 79.9. The van der Waals surface area contributed by atoms with Crippen LogP contribution in [0, 0.1) is 10.1 Å². The summed E-state index contributed by atoms with van der Waals surface area (Å²) in [6.45, 7) is 2.00. The number of nitro groups is 1. The molecule has 4 rings (SSSR count). The van der Waals surface area contributed by atoms with Gasteiger partial charge < -0.3 is 14.8 Å². The number of aromatic nitrogens is 2. The summed E-state index contributed by atoms with van der Waals surface area (Å²) in [5, 5.41) is 14.7. The maximum Gasteiger partial charge on any atom is 0.294 e. The maximum atomic E-state index is 13.5. The molecule has 0 bridgehead atoms. The van der Waals surface area contributed by atoms with E-state index in [-0.39, 0.29) is 35.9 Å². The van der Waals surface area contributed by atoms with E-state index in [2.05, 4.69) is 31.1 Å². The maximum absolute atomic E-state index is 13.5. The van der Waals surface area contributed by atoms with Crippen molar-refractivity contribution in [3.63, 3.8) is 0 Å². The lowest BCUT2D eigenvalue weighted by molar-refractivity contribution is -0.384. The van der Waals surface area contributed by atoms with Gasteiger partial charge in [-0.25, -0.2) is 13.8 Å². The van der Waals surface area contributed by atoms with Gasteiger partial charge in [0, 0.05) is 70.1 Å². The van der Waals surface area contributed by atoms with Gasteiger partial charge >= 0.3 is 0 Å². The highest BCUT2D eigenvalue weighted by molar-refractivity contribution is 9.10. The van der Waals surface area contributed by atoms with Gasteiger partial charge in [0.1, 0.15) is 10.3 Å². The molecule has 2 aliphatic heterocycles. The van der Waals surface area contributed by atoms with Crippen LogP contribution in [0.1, 0.15) is 25.7 Å². The lowest BCUT2D eigenvalue weighted by Crippen LogP contribution is -2.49. The third-order valence-electron chi connectivity index (χ3n) is 6.33. The molecule has 2 aromatic rings. The number of likely N-dealkylation sites (tertiary alicyclic amines) is 1. The van der Waals surface area contributed by atoms with Crippen LogP contribution in [-0.2, 0) is 7.05 Å². The minimum absolute atomic E-state index is 0.0573. The number of nitrogens with one attached hydrogen (secondary N) is 1. The molecule has 1 N–H and O–H groups in total. The summed E-state index contributed by atoms with van der Waals surface area (Å²) in [5.74, 6) is -2.51. The van der Waals surface area contributed by atoms with Gasteiger partial charge in [-0.05, 0) is 40.9 Å². The minimum atomic E-state index is -2.57. The third-order valence-corrected chi connectivity index (χ3v) is 6.71. The summed E-state index contributed by atoms with van der Waals surface area (Å²) < 4.78 is 28.7. The lowest BCUT2D eigenvalue weighted by atomic mass is 9.98. The number of rotatable bonds is 5. The summed E-state index contributed by atoms with van der Waals surface area (Å²) in [7, 11) is 1.59. The molecular formula is C21H25BrF2N6O3. The number of piperidine rings is 2. The molecule has 33 heavy (non-hydrogen) atoms. The minimum Gasteiger partial charge on any atom is -0.366 e. The Bertz CT molecular complexity index is 1090. The summed E-state index contributed by atoms with van der Waals surface area (Å²) in [5.41, 5.74) is 0.465. The highest BCUT2D eigenvalue weighted by Crippen LogP contribution is 2.35. The van der Waals surface area contributed by atoms with Crippen molar-refractivity contribution in [2.24, 2.45) is 7.05 Å². The summed E-state index contributed by atoms with van der Waals surface area (Å²) >= 11 is 3.23. The monoisotopic (exact) mass is 526 g/mol. The molecule has 1 aromatic carbocycles. The first-order valence-corrected chi connectivity index (χ1v) is 11.6. The third kappa shape index (κ3) is 5.32. The summed E-state index contributed by atoms with van der Waals surface area (Å²) in [6.07, 6.45) is 2.84. The van der Waals surface area contributed by atoms with Crippen molar-refractivity contribution in [2.45, 2.75) is 37.6 Å². The Morgan fingerprint density at radius 3 is 2.52 bits per heavy atom. The fourth-order valence-electron chi connectivity index (χ4n) is 4.49. The Kier molecular flexibility index (Phi) is 6.66. The molecule has 0 unspecified atom stereocenters. The average molecular weight is 527 g/mol. The van der Waals surface area contributed by atoms with Gasteiger partial charge in [0.2, 0.25) is 0 Å². The van der Waals surface area contributed by atoms with Crippen LogP contribution < -0.4 is 15.8 Å². The van der Waals surface area contributed by atoms with E-state index in [0.29, 0.717) is 42.2 Å². The average Bonchev–Trinajstić information content (AvgIpc) is 2.77. The van der Waals surface area contributed by atoms with Gasteiger partial charge in [-0.15, -0.1) is 0 Å². The molecule has 3 heterocycles. The van der Waals surface area contributed by atoms with Gasteiger partial charge in [0.05, 0.1) is 4.92 Å². The van der Waals surface area contributed by atoms with Crippen molar-refractivity contribution >= 4 is 38.8 Å². The highest BCUT2D eigenvalue weighted by Gasteiger charge is 2.37. The second-order valence-electron chi connectivity index (χ2n) is 8.52. The van der Waals surface area contributed by atoms with Gasteiger partial charge in [0.15, 0.2) is 5.82 Å². The summed E-state index contributed by atoms with van der Waals surface area (Å²) in [4.78, 5) is 31.9. The van der Waals surface area contributed by atoms with E-state index in [4.69, 9.17) is 0 Å². The second-order valence-corrected chi connectivity index (χ2v) is 9.34. The predicted octanol–water partition coefficient (Wildman–Crippen LogP) is 3.89. The van der Waals surface area contributed by atoms with Crippen molar-refractivity contribution in [3.8, 4) is 0 Å². The zero-order valence-electron chi connectivity index (χ0n) is 18.1. The molecule has 0 radical (unpaired) electrons. The number of benzene rings is 1. The summed E-state index contributed by atoms with van der Waals surface area (Å²) in [6, 6.07) is 4.97. The molecule has 12 heteroatoms. The molecule has 9 nitrogen and oxygen atoms in total. The number of halogens is 3. The van der Waals surface area contributed by atoms with E-state index in [9.17, 15) is 23.7 Å². The molecule has 0 amide bonds. The standard InChI is InChI=1S/C21H25BrF2N6O3/c1-27-13-18(22)26-19(20(27)31)25-14-2-3-16(17(12-14)30(32)33)29-8-4-15(5-9-29)28-10-6-21(23,24)7-11-28/h2-3,12-13,15H,4-11H2,1H3,(H,25,26).